The van der Waals surface area contributed by atoms with Crippen LogP contribution >= 0.6 is 23.2 Å². The average Bonchev–Trinajstić information content (AvgIpc) is 2.99. The molecule has 0 radical (unpaired) electrons. The van der Waals surface area contributed by atoms with Crippen molar-refractivity contribution in [1.29, 1.82) is 0 Å². The molecule has 0 aliphatic rings. The molecule has 42 heavy (non-hydrogen) atoms. The van der Waals surface area contributed by atoms with Crippen LogP contribution in [-0.2, 0) is 9.47 Å². The highest BCUT2D eigenvalue weighted by atomic mass is 35.5. The van der Waals surface area contributed by atoms with Crippen molar-refractivity contribution < 1.29 is 19.1 Å². The monoisotopic (exact) mass is 604 g/mol. The molecule has 1 aromatic heterocycles. The number of nitrogens with zero attached hydrogens (tertiary/aromatic N) is 2. The number of ether oxygens (including phenoxy) is 2. The van der Waals surface area contributed by atoms with Crippen LogP contribution in [0.5, 0.6) is 0 Å². The van der Waals surface area contributed by atoms with Gasteiger partial charge in [-0.15, -0.1) is 0 Å². The summed E-state index contributed by atoms with van der Waals surface area (Å²) in [6.45, 7) is 4.86. The second kappa shape index (κ2) is 14.5. The van der Waals surface area contributed by atoms with E-state index in [4.69, 9.17) is 32.7 Å². The molecule has 0 N–H and O–H groups in total. The van der Waals surface area contributed by atoms with Gasteiger partial charge in [-0.25, -0.2) is 9.59 Å². The highest BCUT2D eigenvalue weighted by Crippen LogP contribution is 2.39. The van der Waals surface area contributed by atoms with E-state index >= 15 is 0 Å². The molecule has 0 aliphatic carbocycles. The second-order valence-electron chi connectivity index (χ2n) is 10.1. The number of likely N-dealkylation sites (N-methyl/N-ethyl adjacent to an activating group) is 1. The number of carbonyl (C=O) groups is 2. The van der Waals surface area contributed by atoms with Crippen LogP contribution in [0.25, 0.3) is 11.1 Å². The lowest BCUT2D eigenvalue weighted by molar-refractivity contribution is 0.0472. The lowest BCUT2D eigenvalue weighted by Crippen LogP contribution is -2.27. The van der Waals surface area contributed by atoms with Crippen molar-refractivity contribution in [3.63, 3.8) is 0 Å². The van der Waals surface area contributed by atoms with Gasteiger partial charge >= 0.3 is 11.9 Å². The maximum atomic E-state index is 13.5. The van der Waals surface area contributed by atoms with Crippen molar-refractivity contribution in [3.05, 3.63) is 123 Å². The van der Waals surface area contributed by atoms with Gasteiger partial charge in [0.1, 0.15) is 6.61 Å². The summed E-state index contributed by atoms with van der Waals surface area (Å²) < 4.78 is 10.8. The van der Waals surface area contributed by atoms with Crippen LogP contribution in [0.2, 0.25) is 10.0 Å². The van der Waals surface area contributed by atoms with Gasteiger partial charge in [0.05, 0.1) is 39.7 Å². The summed E-state index contributed by atoms with van der Waals surface area (Å²) >= 11 is 12.9. The largest absolute Gasteiger partial charge is 0.465 e. The van der Waals surface area contributed by atoms with Gasteiger partial charge in [-0.2, -0.15) is 0 Å². The summed E-state index contributed by atoms with van der Waals surface area (Å²) in [7, 11) is 3.28. The van der Waals surface area contributed by atoms with Crippen molar-refractivity contribution in [2.24, 2.45) is 0 Å². The zero-order chi connectivity index (χ0) is 30.2. The van der Waals surface area contributed by atoms with Crippen molar-refractivity contribution in [3.8, 4) is 11.1 Å². The molecule has 0 bridgehead atoms. The Morgan fingerprint density at radius 3 is 1.95 bits per heavy atom. The predicted octanol–water partition coefficient (Wildman–Crippen LogP) is 7.77. The van der Waals surface area contributed by atoms with Gasteiger partial charge in [0.15, 0.2) is 0 Å². The molecule has 8 heteroatoms. The molecule has 4 rings (SSSR count). The van der Waals surface area contributed by atoms with Gasteiger partial charge in [0.2, 0.25) is 0 Å². The predicted molar refractivity (Wildman–Crippen MR) is 168 cm³/mol. The average molecular weight is 606 g/mol. The van der Waals surface area contributed by atoms with Gasteiger partial charge in [0, 0.05) is 23.6 Å². The molecule has 0 amide bonds. The first kappa shape index (κ1) is 31.2. The second-order valence-corrected chi connectivity index (χ2v) is 10.9. The van der Waals surface area contributed by atoms with Crippen LogP contribution in [0.15, 0.2) is 78.9 Å². The van der Waals surface area contributed by atoms with Crippen molar-refractivity contribution in [2.45, 2.75) is 26.2 Å². The van der Waals surface area contributed by atoms with E-state index in [9.17, 15) is 9.59 Å². The van der Waals surface area contributed by atoms with Gasteiger partial charge in [-0.3, -0.25) is 4.98 Å². The third kappa shape index (κ3) is 7.19. The van der Waals surface area contributed by atoms with E-state index in [0.717, 1.165) is 13.0 Å². The Balaban J connectivity index is 1.51. The van der Waals surface area contributed by atoms with Crippen molar-refractivity contribution >= 4 is 35.1 Å². The minimum absolute atomic E-state index is 0.143. The maximum absolute atomic E-state index is 13.5. The SMILES string of the molecule is COC(=O)c1c(C)nc(C)c(C(=O)OCCN(C)CCC(c2ccccc2)c2ccccc2)c1-c1cccc(Cl)c1Cl. The molecule has 6 nitrogen and oxygen atoms in total. The number of rotatable bonds is 11. The number of benzene rings is 3. The minimum atomic E-state index is -0.633. The number of esters is 2. The van der Waals surface area contributed by atoms with E-state index < -0.39 is 11.9 Å². The van der Waals surface area contributed by atoms with Crippen LogP contribution in [-0.4, -0.2) is 55.7 Å². The number of carbonyl (C=O) groups excluding carboxylic acids is 2. The lowest BCUT2D eigenvalue weighted by atomic mass is 9.88. The molecule has 0 saturated carbocycles. The molecule has 4 aromatic rings. The molecule has 218 valence electrons. The maximum Gasteiger partial charge on any atom is 0.340 e. The zero-order valence-corrected chi connectivity index (χ0v) is 25.7. The number of hydrogen-bond acceptors (Lipinski definition) is 6. The summed E-state index contributed by atoms with van der Waals surface area (Å²) in [5.41, 5.74) is 4.37. The fraction of sp³-hybridized carbons (Fsp3) is 0.265. The Labute approximate surface area is 257 Å². The van der Waals surface area contributed by atoms with Crippen LogP contribution < -0.4 is 0 Å². The quantitative estimate of drug-likeness (QED) is 0.163. The Kier molecular flexibility index (Phi) is 10.7. The third-order valence-corrected chi connectivity index (χ3v) is 8.10. The minimum Gasteiger partial charge on any atom is -0.465 e. The first-order valence-corrected chi connectivity index (χ1v) is 14.5. The van der Waals surface area contributed by atoms with Gasteiger partial charge in [-0.05, 0) is 51.1 Å². The van der Waals surface area contributed by atoms with Gasteiger partial charge in [0.25, 0.3) is 0 Å². The Morgan fingerprint density at radius 1 is 0.810 bits per heavy atom. The fourth-order valence-corrected chi connectivity index (χ4v) is 5.54. The Bertz CT molecular complexity index is 1510. The van der Waals surface area contributed by atoms with E-state index in [1.165, 1.54) is 18.2 Å². The molecular formula is C34H34Cl2N2O4. The number of hydrogen-bond donors (Lipinski definition) is 0. The first-order valence-electron chi connectivity index (χ1n) is 13.7. The van der Waals surface area contributed by atoms with E-state index in [1.807, 2.05) is 19.2 Å². The Morgan fingerprint density at radius 2 is 1.38 bits per heavy atom. The molecule has 0 spiro atoms. The Hall–Kier alpha value is -3.71. The molecule has 0 aliphatic heterocycles. The summed E-state index contributed by atoms with van der Waals surface area (Å²) in [4.78, 5) is 33.0. The topological polar surface area (TPSA) is 68.7 Å². The number of aryl methyl sites for hydroxylation is 2. The summed E-state index contributed by atoms with van der Waals surface area (Å²) in [5, 5.41) is 0.511. The molecule has 0 unspecified atom stereocenters. The van der Waals surface area contributed by atoms with E-state index in [2.05, 4.69) is 58.4 Å². The summed E-state index contributed by atoms with van der Waals surface area (Å²) in [6.07, 6.45) is 0.902. The van der Waals surface area contributed by atoms with Gasteiger partial charge < -0.3 is 14.4 Å². The highest BCUT2D eigenvalue weighted by Gasteiger charge is 2.29. The fourth-order valence-electron chi connectivity index (χ4n) is 5.14. The zero-order valence-electron chi connectivity index (χ0n) is 24.2. The van der Waals surface area contributed by atoms with Crippen molar-refractivity contribution in [1.82, 2.24) is 9.88 Å². The van der Waals surface area contributed by atoms with Crippen LogP contribution in [0.3, 0.4) is 0 Å². The van der Waals surface area contributed by atoms with E-state index in [1.54, 1.807) is 32.0 Å². The van der Waals surface area contributed by atoms with E-state index in [0.29, 0.717) is 34.1 Å². The smallest absolute Gasteiger partial charge is 0.340 e. The molecular weight excluding hydrogens is 571 g/mol. The van der Waals surface area contributed by atoms with Gasteiger partial charge in [-0.1, -0.05) is 96.0 Å². The molecule has 1 heterocycles. The lowest BCUT2D eigenvalue weighted by Gasteiger charge is -2.23. The van der Waals surface area contributed by atoms with Crippen molar-refractivity contribution in [2.75, 3.05) is 33.9 Å². The molecule has 0 atom stereocenters. The third-order valence-electron chi connectivity index (χ3n) is 7.28. The van der Waals surface area contributed by atoms with Crippen LogP contribution in [0.1, 0.15) is 55.6 Å². The van der Waals surface area contributed by atoms with E-state index in [-0.39, 0.29) is 28.7 Å². The molecule has 3 aromatic carbocycles. The summed E-state index contributed by atoms with van der Waals surface area (Å²) in [5.74, 6) is -0.984. The number of pyridine rings is 1. The van der Waals surface area contributed by atoms with Crippen LogP contribution in [0.4, 0.5) is 0 Å². The van der Waals surface area contributed by atoms with Crippen LogP contribution in [0, 0.1) is 13.8 Å². The normalized spacial score (nSPS) is 11.1. The standard InChI is InChI=1S/C34H34Cl2N2O4/c1-22-29(33(39)41-4)31(27-16-11-17-28(35)32(27)36)30(23(2)37-22)34(40)42-21-20-38(3)19-18-26(24-12-7-5-8-13-24)25-14-9-6-10-15-25/h5-17,26H,18-21H2,1-4H3. The number of aromatic nitrogens is 1. The molecule has 0 saturated heterocycles. The number of halogens is 2. The summed E-state index contributed by atoms with van der Waals surface area (Å²) in [6, 6.07) is 26.0. The number of methoxy groups -OCH3 is 1. The molecule has 0 fully saturated rings. The highest BCUT2D eigenvalue weighted by molar-refractivity contribution is 6.44. The first-order chi connectivity index (χ1) is 20.2.